The highest BCUT2D eigenvalue weighted by Gasteiger charge is 2.22. The first-order valence-electron chi connectivity index (χ1n) is 10.6. The zero-order chi connectivity index (χ0) is 23.3. The number of furan rings is 2. The number of anilines is 1. The van der Waals surface area contributed by atoms with Gasteiger partial charge in [-0.1, -0.05) is 30.3 Å². The van der Waals surface area contributed by atoms with Gasteiger partial charge in [0.05, 0.1) is 36.4 Å². The summed E-state index contributed by atoms with van der Waals surface area (Å²) in [5.74, 6) is 0.441. The Kier molecular flexibility index (Phi) is 6.40. The molecule has 0 aliphatic carbocycles. The van der Waals surface area contributed by atoms with Crippen LogP contribution < -0.4 is 5.32 Å². The summed E-state index contributed by atoms with van der Waals surface area (Å²) in [5, 5.41) is 3.13. The first-order valence-corrected chi connectivity index (χ1v) is 10.6. The molecule has 1 N–H and O–H groups in total. The quantitative estimate of drug-likeness (QED) is 0.289. The molecule has 0 unspecified atom stereocenters. The van der Waals surface area contributed by atoms with E-state index in [1.807, 2.05) is 57.2 Å². The summed E-state index contributed by atoms with van der Waals surface area (Å²) in [6.07, 6.45) is 8.50. The van der Waals surface area contributed by atoms with Crippen LogP contribution in [0.3, 0.4) is 0 Å². The molecule has 0 aliphatic heterocycles. The lowest BCUT2D eigenvalue weighted by Crippen LogP contribution is -2.27. The Morgan fingerprint density at radius 1 is 1.09 bits per heavy atom. The molecule has 3 heterocycles. The highest BCUT2D eigenvalue weighted by molar-refractivity contribution is 5.96. The van der Waals surface area contributed by atoms with E-state index in [2.05, 4.69) is 10.3 Å². The molecule has 0 saturated heterocycles. The summed E-state index contributed by atoms with van der Waals surface area (Å²) in [5.41, 5.74) is 2.77. The van der Waals surface area contributed by atoms with E-state index in [-0.39, 0.29) is 5.70 Å². The lowest BCUT2D eigenvalue weighted by atomic mass is 10.1. The van der Waals surface area contributed by atoms with Crippen molar-refractivity contribution in [1.29, 1.82) is 0 Å². The molecule has 33 heavy (non-hydrogen) atoms. The summed E-state index contributed by atoms with van der Waals surface area (Å²) in [6.45, 7) is 5.45. The zero-order valence-corrected chi connectivity index (χ0v) is 18.7. The van der Waals surface area contributed by atoms with Crippen LogP contribution in [-0.4, -0.2) is 21.5 Å². The van der Waals surface area contributed by atoms with Crippen molar-refractivity contribution in [3.05, 3.63) is 96.2 Å². The van der Waals surface area contributed by atoms with Gasteiger partial charge in [0.1, 0.15) is 17.1 Å². The molecule has 4 aromatic rings. The van der Waals surface area contributed by atoms with Crippen molar-refractivity contribution in [1.82, 2.24) is 9.97 Å². The summed E-state index contributed by atoms with van der Waals surface area (Å²) >= 11 is 0. The maximum atomic E-state index is 13.0. The van der Waals surface area contributed by atoms with Crippen molar-refractivity contribution < 1.29 is 18.4 Å². The van der Waals surface area contributed by atoms with Crippen LogP contribution in [0.25, 0.3) is 17.3 Å². The van der Waals surface area contributed by atoms with E-state index in [9.17, 15) is 4.79 Å². The predicted octanol–water partition coefficient (Wildman–Crippen LogP) is 5.72. The zero-order valence-electron chi connectivity index (χ0n) is 18.7. The molecule has 0 atom stereocenters. The molecular formula is C26H25N3O4. The van der Waals surface area contributed by atoms with E-state index in [1.165, 1.54) is 0 Å². The Hall–Kier alpha value is -4.13. The molecule has 0 aliphatic rings. The lowest BCUT2D eigenvalue weighted by Gasteiger charge is -2.21. The molecule has 168 valence electrons. The molecule has 4 rings (SSSR count). The fourth-order valence-electron chi connectivity index (χ4n) is 3.12. The minimum Gasteiger partial charge on any atom is -0.472 e. The van der Waals surface area contributed by atoms with Crippen LogP contribution in [0.15, 0.2) is 88.0 Å². The maximum Gasteiger partial charge on any atom is 0.355 e. The predicted molar refractivity (Wildman–Crippen MR) is 125 cm³/mol. The second kappa shape index (κ2) is 9.56. The normalized spacial score (nSPS) is 11.9. The van der Waals surface area contributed by atoms with E-state index < -0.39 is 11.6 Å². The standard InChI is InChI=1S/C26H25N3O4/c1-26(2,3)33-25(30)22(15-20-10-7-12-32-20)29-24-21(14-18-8-5-4-6-9-18)28-23(16-27-24)19-11-13-31-17-19/h4-13,15-17H,14H2,1-3H3,(H,27,29). The molecule has 0 bridgehead atoms. The van der Waals surface area contributed by atoms with Gasteiger partial charge in [-0.2, -0.15) is 0 Å². The third-order valence-electron chi connectivity index (χ3n) is 4.58. The average Bonchev–Trinajstić information content (AvgIpc) is 3.48. The summed E-state index contributed by atoms with van der Waals surface area (Å²) < 4.78 is 16.2. The van der Waals surface area contributed by atoms with E-state index in [0.29, 0.717) is 29.4 Å². The number of nitrogens with one attached hydrogen (secondary N) is 1. The smallest absolute Gasteiger partial charge is 0.355 e. The largest absolute Gasteiger partial charge is 0.472 e. The SMILES string of the molecule is CC(C)(C)OC(=O)C(=Cc1ccco1)Nc1ncc(-c2ccoc2)nc1Cc1ccccc1. The van der Waals surface area contributed by atoms with Crippen LogP contribution in [0.5, 0.6) is 0 Å². The summed E-state index contributed by atoms with van der Waals surface area (Å²) in [4.78, 5) is 22.3. The van der Waals surface area contributed by atoms with Crippen molar-refractivity contribution in [3.8, 4) is 11.3 Å². The Bertz CT molecular complexity index is 1220. The number of hydrogen-bond acceptors (Lipinski definition) is 7. The Morgan fingerprint density at radius 2 is 1.91 bits per heavy atom. The number of rotatable bonds is 7. The van der Waals surface area contributed by atoms with Crippen LogP contribution in [0, 0.1) is 0 Å². The van der Waals surface area contributed by atoms with Gasteiger partial charge in [-0.05, 0) is 44.5 Å². The average molecular weight is 444 g/mol. The van der Waals surface area contributed by atoms with Crippen molar-refractivity contribution in [2.45, 2.75) is 32.8 Å². The van der Waals surface area contributed by atoms with Gasteiger partial charge in [-0.25, -0.2) is 14.8 Å². The number of carbonyl (C=O) groups excluding carboxylic acids is 1. The highest BCUT2D eigenvalue weighted by atomic mass is 16.6. The number of esters is 1. The number of aromatic nitrogens is 2. The van der Waals surface area contributed by atoms with Gasteiger partial charge in [0, 0.05) is 18.1 Å². The van der Waals surface area contributed by atoms with Gasteiger partial charge in [0.25, 0.3) is 0 Å². The van der Waals surface area contributed by atoms with Gasteiger partial charge < -0.3 is 18.9 Å². The van der Waals surface area contributed by atoms with Crippen molar-refractivity contribution >= 4 is 17.9 Å². The van der Waals surface area contributed by atoms with Crippen LogP contribution >= 0.6 is 0 Å². The molecule has 7 nitrogen and oxygen atoms in total. The third-order valence-corrected chi connectivity index (χ3v) is 4.58. The number of hydrogen-bond donors (Lipinski definition) is 1. The van der Waals surface area contributed by atoms with Crippen LogP contribution in [0.2, 0.25) is 0 Å². The molecule has 0 saturated carbocycles. The van der Waals surface area contributed by atoms with Crippen LogP contribution in [-0.2, 0) is 16.0 Å². The van der Waals surface area contributed by atoms with Gasteiger partial charge in [-0.15, -0.1) is 0 Å². The topological polar surface area (TPSA) is 90.4 Å². The second-order valence-corrected chi connectivity index (χ2v) is 8.43. The lowest BCUT2D eigenvalue weighted by molar-refractivity contribution is -0.149. The molecule has 0 fully saturated rings. The molecule has 1 aromatic carbocycles. The fraction of sp³-hybridized carbons (Fsp3) is 0.192. The monoisotopic (exact) mass is 443 g/mol. The maximum absolute atomic E-state index is 13.0. The van der Waals surface area contributed by atoms with Gasteiger partial charge >= 0.3 is 5.97 Å². The first kappa shape index (κ1) is 22.1. The Morgan fingerprint density at radius 3 is 2.58 bits per heavy atom. The summed E-state index contributed by atoms with van der Waals surface area (Å²) in [7, 11) is 0. The number of ether oxygens (including phenoxy) is 1. The third kappa shape index (κ3) is 5.98. The highest BCUT2D eigenvalue weighted by Crippen LogP contribution is 2.24. The van der Waals surface area contributed by atoms with Gasteiger partial charge in [0.2, 0.25) is 0 Å². The first-order chi connectivity index (χ1) is 15.9. The number of benzene rings is 1. The van der Waals surface area contributed by atoms with Crippen molar-refractivity contribution in [3.63, 3.8) is 0 Å². The van der Waals surface area contributed by atoms with E-state index in [0.717, 1.165) is 11.1 Å². The van der Waals surface area contributed by atoms with Crippen molar-refractivity contribution in [2.75, 3.05) is 5.32 Å². The van der Waals surface area contributed by atoms with E-state index in [1.54, 1.807) is 43.2 Å². The molecule has 0 amide bonds. The van der Waals surface area contributed by atoms with Crippen LogP contribution in [0.1, 0.15) is 37.8 Å². The minimum absolute atomic E-state index is 0.194. The van der Waals surface area contributed by atoms with Crippen molar-refractivity contribution in [2.24, 2.45) is 0 Å². The number of carbonyl (C=O) groups is 1. The molecule has 0 spiro atoms. The molecular weight excluding hydrogens is 418 g/mol. The number of nitrogens with zero attached hydrogens (tertiary/aromatic N) is 2. The second-order valence-electron chi connectivity index (χ2n) is 8.43. The minimum atomic E-state index is -0.662. The van der Waals surface area contributed by atoms with E-state index in [4.69, 9.17) is 18.6 Å². The molecule has 3 aromatic heterocycles. The summed E-state index contributed by atoms with van der Waals surface area (Å²) in [6, 6.07) is 15.3. The Balaban J connectivity index is 1.72. The van der Waals surface area contributed by atoms with E-state index >= 15 is 0 Å². The Labute approximate surface area is 192 Å². The molecule has 7 heteroatoms. The fourth-order valence-corrected chi connectivity index (χ4v) is 3.12. The molecule has 0 radical (unpaired) electrons. The van der Waals surface area contributed by atoms with Gasteiger partial charge in [-0.3, -0.25) is 0 Å². The van der Waals surface area contributed by atoms with Crippen LogP contribution in [0.4, 0.5) is 5.82 Å². The van der Waals surface area contributed by atoms with Gasteiger partial charge in [0.15, 0.2) is 5.82 Å².